The Labute approximate surface area is 193 Å². The second-order valence-electron chi connectivity index (χ2n) is 9.54. The van der Waals surface area contributed by atoms with Gasteiger partial charge in [-0.2, -0.15) is 0 Å². The Hall–Kier alpha value is -2.72. The van der Waals surface area contributed by atoms with Crippen LogP contribution in [0.5, 0.6) is 0 Å². The highest BCUT2D eigenvalue weighted by Crippen LogP contribution is 2.37. The highest BCUT2D eigenvalue weighted by atomic mass is 32.2. The summed E-state index contributed by atoms with van der Waals surface area (Å²) in [6, 6.07) is 6.68. The van der Waals surface area contributed by atoms with Crippen LogP contribution in [0.15, 0.2) is 41.6 Å². The Bertz CT molecular complexity index is 1110. The average Bonchev–Trinajstić information content (AvgIpc) is 3.27. The summed E-state index contributed by atoms with van der Waals surface area (Å²) in [5.74, 6) is 0.708. The summed E-state index contributed by atoms with van der Waals surface area (Å²) in [6.07, 6.45) is 7.75. The van der Waals surface area contributed by atoms with Gasteiger partial charge in [-0.3, -0.25) is 0 Å². The van der Waals surface area contributed by atoms with Crippen molar-refractivity contribution in [1.29, 1.82) is 0 Å². The number of nitrogens with one attached hydrogen (secondary N) is 3. The molecule has 3 fully saturated rings. The Morgan fingerprint density at radius 2 is 1.82 bits per heavy atom. The maximum atomic E-state index is 12.5. The summed E-state index contributed by atoms with van der Waals surface area (Å²) in [6.45, 7) is 3.04. The lowest BCUT2D eigenvalue weighted by Gasteiger charge is -2.26. The minimum absolute atomic E-state index is 0.0750. The van der Waals surface area contributed by atoms with Crippen LogP contribution in [0, 0.1) is 0 Å². The molecule has 1 aromatic heterocycles. The molecular weight excluding hydrogens is 442 g/mol. The van der Waals surface area contributed by atoms with Gasteiger partial charge in [0.05, 0.1) is 10.1 Å². The molecule has 0 bridgehead atoms. The lowest BCUT2D eigenvalue weighted by molar-refractivity contribution is 0.0967. The SMILES string of the molecule is CC1(NC(=O)O[C@H]2CC[C@@H](c3cnc(Nc4ccc(S(=O)(=O)C5CNC5)cc4)nc3)C2)CC1. The molecule has 2 aromatic rings. The van der Waals surface area contributed by atoms with E-state index >= 15 is 0 Å². The van der Waals surface area contributed by atoms with Crippen molar-refractivity contribution in [2.75, 3.05) is 18.4 Å². The molecule has 2 saturated carbocycles. The van der Waals surface area contributed by atoms with Crippen LogP contribution in [0.1, 0.15) is 50.5 Å². The number of rotatable bonds is 7. The number of nitrogens with zero attached hydrogens (tertiary/aromatic N) is 2. The molecule has 1 aromatic carbocycles. The van der Waals surface area contributed by atoms with Gasteiger partial charge >= 0.3 is 6.09 Å². The van der Waals surface area contributed by atoms with Gasteiger partial charge in [-0.25, -0.2) is 23.2 Å². The summed E-state index contributed by atoms with van der Waals surface area (Å²) in [7, 11) is -3.28. The van der Waals surface area contributed by atoms with E-state index in [2.05, 4.69) is 25.9 Å². The number of carbonyl (C=O) groups excluding carboxylic acids is 1. The first kappa shape index (κ1) is 22.1. The molecule has 176 valence electrons. The van der Waals surface area contributed by atoms with Crippen LogP contribution in [0.4, 0.5) is 16.4 Å². The number of amides is 1. The molecule has 0 unspecified atom stereocenters. The molecule has 2 aliphatic carbocycles. The van der Waals surface area contributed by atoms with Crippen molar-refractivity contribution < 1.29 is 17.9 Å². The van der Waals surface area contributed by atoms with Crippen LogP contribution in [0.3, 0.4) is 0 Å². The Balaban J connectivity index is 1.14. The number of sulfone groups is 1. The van der Waals surface area contributed by atoms with Crippen LogP contribution in [-0.4, -0.2) is 54.5 Å². The molecule has 3 N–H and O–H groups in total. The number of ether oxygens (including phenoxy) is 1. The van der Waals surface area contributed by atoms with E-state index < -0.39 is 9.84 Å². The summed E-state index contributed by atoms with van der Waals surface area (Å²) in [5, 5.41) is 8.70. The summed E-state index contributed by atoms with van der Waals surface area (Å²) >= 11 is 0. The maximum Gasteiger partial charge on any atom is 0.407 e. The first-order valence-corrected chi connectivity index (χ1v) is 13.0. The van der Waals surface area contributed by atoms with Crippen LogP contribution in [0.2, 0.25) is 0 Å². The zero-order valence-electron chi connectivity index (χ0n) is 18.6. The standard InChI is InChI=1S/C23H29N5O4S/c1-23(8-9-23)28-22(29)32-18-5-2-15(10-18)16-11-25-21(26-12-16)27-17-3-6-19(7-4-17)33(30,31)20-13-24-14-20/h3-4,6-7,11-12,15,18,20,24H,2,5,8-10,13-14H2,1H3,(H,28,29)(H,25,26,27)/t15-,18+/m1/s1. The monoisotopic (exact) mass is 471 g/mol. The fourth-order valence-corrected chi connectivity index (χ4v) is 5.81. The Morgan fingerprint density at radius 3 is 2.42 bits per heavy atom. The Morgan fingerprint density at radius 1 is 1.12 bits per heavy atom. The summed E-state index contributed by atoms with van der Waals surface area (Å²) in [5.41, 5.74) is 1.67. The molecule has 10 heteroatoms. The minimum Gasteiger partial charge on any atom is -0.446 e. The number of anilines is 2. The smallest absolute Gasteiger partial charge is 0.407 e. The molecule has 3 aliphatic rings. The fraction of sp³-hybridized carbons (Fsp3) is 0.522. The van der Waals surface area contributed by atoms with E-state index in [4.69, 9.17) is 4.74 Å². The van der Waals surface area contributed by atoms with Crippen molar-refractivity contribution in [2.45, 2.75) is 66.7 Å². The van der Waals surface area contributed by atoms with Crippen molar-refractivity contribution in [1.82, 2.24) is 20.6 Å². The summed E-state index contributed by atoms with van der Waals surface area (Å²) in [4.78, 5) is 21.2. The Kier molecular flexibility index (Phi) is 5.74. The molecule has 2 atom stereocenters. The zero-order valence-corrected chi connectivity index (χ0v) is 19.4. The lowest BCUT2D eigenvalue weighted by Crippen LogP contribution is -2.51. The molecule has 33 heavy (non-hydrogen) atoms. The van der Waals surface area contributed by atoms with E-state index in [1.807, 2.05) is 6.92 Å². The van der Waals surface area contributed by atoms with Crippen LogP contribution >= 0.6 is 0 Å². The maximum absolute atomic E-state index is 12.5. The highest BCUT2D eigenvalue weighted by Gasteiger charge is 2.40. The second kappa shape index (κ2) is 8.57. The third-order valence-corrected chi connectivity index (χ3v) is 8.97. The molecule has 0 radical (unpaired) electrons. The molecule has 5 rings (SSSR count). The van der Waals surface area contributed by atoms with Crippen LogP contribution in [-0.2, 0) is 14.6 Å². The van der Waals surface area contributed by atoms with Gasteiger partial charge < -0.3 is 20.7 Å². The van der Waals surface area contributed by atoms with Gasteiger partial charge in [0, 0.05) is 36.7 Å². The van der Waals surface area contributed by atoms with E-state index in [9.17, 15) is 13.2 Å². The number of hydrogen-bond donors (Lipinski definition) is 3. The average molecular weight is 472 g/mol. The number of benzene rings is 1. The molecule has 1 saturated heterocycles. The fourth-order valence-electron chi connectivity index (χ4n) is 4.23. The lowest BCUT2D eigenvalue weighted by atomic mass is 10.0. The largest absolute Gasteiger partial charge is 0.446 e. The van der Waals surface area contributed by atoms with Gasteiger partial charge in [-0.05, 0) is 74.8 Å². The van der Waals surface area contributed by atoms with Gasteiger partial charge in [0.2, 0.25) is 5.95 Å². The second-order valence-corrected chi connectivity index (χ2v) is 11.8. The normalized spacial score (nSPS) is 24.0. The van der Waals surface area contributed by atoms with Crippen molar-refractivity contribution >= 4 is 27.6 Å². The molecule has 1 amide bonds. The predicted molar refractivity (Wildman–Crippen MR) is 123 cm³/mol. The number of alkyl carbamates (subject to hydrolysis) is 1. The third kappa shape index (κ3) is 4.96. The molecule has 2 heterocycles. The topological polar surface area (TPSA) is 122 Å². The predicted octanol–water partition coefficient (Wildman–Crippen LogP) is 2.88. The van der Waals surface area contributed by atoms with Crippen molar-refractivity contribution in [3.63, 3.8) is 0 Å². The number of hydrogen-bond acceptors (Lipinski definition) is 8. The van der Waals surface area contributed by atoms with Gasteiger partial charge in [-0.1, -0.05) is 0 Å². The van der Waals surface area contributed by atoms with Crippen molar-refractivity contribution in [3.05, 3.63) is 42.2 Å². The van der Waals surface area contributed by atoms with E-state index in [0.717, 1.165) is 43.4 Å². The van der Waals surface area contributed by atoms with Gasteiger partial charge in [0.25, 0.3) is 0 Å². The van der Waals surface area contributed by atoms with E-state index in [-0.39, 0.29) is 28.9 Å². The molecular formula is C23H29N5O4S. The highest BCUT2D eigenvalue weighted by molar-refractivity contribution is 7.92. The zero-order chi connectivity index (χ0) is 23.1. The number of carbonyl (C=O) groups is 1. The van der Waals surface area contributed by atoms with Crippen molar-refractivity contribution in [3.8, 4) is 0 Å². The van der Waals surface area contributed by atoms with E-state index in [1.165, 1.54) is 0 Å². The molecule has 1 aliphatic heterocycles. The van der Waals surface area contributed by atoms with Gasteiger partial charge in [-0.15, -0.1) is 0 Å². The molecule has 9 nitrogen and oxygen atoms in total. The van der Waals surface area contributed by atoms with E-state index in [0.29, 0.717) is 23.9 Å². The van der Waals surface area contributed by atoms with Crippen LogP contribution in [0.25, 0.3) is 0 Å². The minimum atomic E-state index is -3.28. The van der Waals surface area contributed by atoms with Gasteiger partial charge in [0.1, 0.15) is 6.10 Å². The molecule has 0 spiro atoms. The number of aromatic nitrogens is 2. The first-order chi connectivity index (χ1) is 15.8. The van der Waals surface area contributed by atoms with Crippen LogP contribution < -0.4 is 16.0 Å². The third-order valence-electron chi connectivity index (χ3n) is 6.83. The quantitative estimate of drug-likeness (QED) is 0.563. The van der Waals surface area contributed by atoms with Crippen molar-refractivity contribution in [2.24, 2.45) is 0 Å². The summed E-state index contributed by atoms with van der Waals surface area (Å²) < 4.78 is 30.5. The first-order valence-electron chi connectivity index (χ1n) is 11.4. The van der Waals surface area contributed by atoms with E-state index in [1.54, 1.807) is 36.7 Å². The van der Waals surface area contributed by atoms with Gasteiger partial charge in [0.15, 0.2) is 9.84 Å².